The molecular formula is C25H36FN5O3. The van der Waals surface area contributed by atoms with Crippen LogP contribution < -0.4 is 15.6 Å². The van der Waals surface area contributed by atoms with E-state index in [-0.39, 0.29) is 36.5 Å². The minimum atomic E-state index is -0.348. The number of Topliss-reactive ketones (excluding diaryl/α,β-unsaturated/α-hetero) is 1. The van der Waals surface area contributed by atoms with E-state index in [0.717, 1.165) is 24.0 Å². The van der Waals surface area contributed by atoms with Gasteiger partial charge >= 0.3 is 0 Å². The van der Waals surface area contributed by atoms with Crippen molar-refractivity contribution >= 4 is 12.2 Å². The third-order valence-electron chi connectivity index (χ3n) is 5.26. The number of amides is 1. The predicted molar refractivity (Wildman–Crippen MR) is 128 cm³/mol. The highest BCUT2D eigenvalue weighted by Gasteiger charge is 2.22. The SMILES string of the molecule is CC.CCC(=O)CN(C=O)Cc1ncc(CNNC(C)c2ccc(F)c(OCC3CC3)c2)cn1. The molecule has 2 N–H and O–H groups in total. The molecule has 0 bridgehead atoms. The Bertz CT molecular complexity index is 906. The first-order valence-corrected chi connectivity index (χ1v) is 11.9. The Morgan fingerprint density at radius 2 is 2.00 bits per heavy atom. The average Bonchev–Trinajstić information content (AvgIpc) is 3.69. The average molecular weight is 474 g/mol. The number of halogens is 1. The van der Waals surface area contributed by atoms with Crippen LogP contribution in [0, 0.1) is 11.7 Å². The molecule has 3 rings (SSSR count). The first-order valence-electron chi connectivity index (χ1n) is 11.9. The number of nitrogens with zero attached hydrogens (tertiary/aromatic N) is 3. The van der Waals surface area contributed by atoms with E-state index in [9.17, 15) is 14.0 Å². The van der Waals surface area contributed by atoms with Gasteiger partial charge in [-0.1, -0.05) is 26.8 Å². The molecule has 0 radical (unpaired) electrons. The lowest BCUT2D eigenvalue weighted by molar-refractivity contribution is -0.127. The van der Waals surface area contributed by atoms with Crippen LogP contribution in [0.1, 0.15) is 70.0 Å². The molecule has 1 unspecified atom stereocenters. The van der Waals surface area contributed by atoms with Crippen LogP contribution in [0.15, 0.2) is 30.6 Å². The Balaban J connectivity index is 0.00000199. The summed E-state index contributed by atoms with van der Waals surface area (Å²) in [4.78, 5) is 32.5. The second-order valence-electron chi connectivity index (χ2n) is 8.07. The van der Waals surface area contributed by atoms with Gasteiger partial charge in [-0.3, -0.25) is 20.4 Å². The van der Waals surface area contributed by atoms with E-state index >= 15 is 0 Å². The van der Waals surface area contributed by atoms with Crippen molar-refractivity contribution in [2.45, 2.75) is 66.1 Å². The molecule has 0 aliphatic heterocycles. The van der Waals surface area contributed by atoms with Crippen LogP contribution in [0.2, 0.25) is 0 Å². The van der Waals surface area contributed by atoms with Crippen LogP contribution in [0.5, 0.6) is 5.75 Å². The van der Waals surface area contributed by atoms with Gasteiger partial charge in [-0.25, -0.2) is 14.4 Å². The fourth-order valence-electron chi connectivity index (χ4n) is 2.99. The Kier molecular flexibility index (Phi) is 11.6. The van der Waals surface area contributed by atoms with Gasteiger partial charge in [0.05, 0.1) is 19.7 Å². The summed E-state index contributed by atoms with van der Waals surface area (Å²) in [6.07, 6.45) is 6.68. The molecule has 1 fully saturated rings. The summed E-state index contributed by atoms with van der Waals surface area (Å²) in [6.45, 7) is 9.02. The standard InChI is InChI=1S/C23H30FN5O3.C2H6/c1-3-20(31)12-29(15-30)13-23-25-9-18(10-26-23)11-27-28-16(2)19-6-7-21(24)22(8-19)32-14-17-4-5-17;1-2/h6-10,15-17,27-28H,3-5,11-14H2,1-2H3;1-2H3. The molecule has 0 saturated heterocycles. The molecular weight excluding hydrogens is 437 g/mol. The molecule has 1 amide bonds. The quantitative estimate of drug-likeness (QED) is 0.319. The molecule has 186 valence electrons. The highest BCUT2D eigenvalue weighted by molar-refractivity contribution is 5.81. The number of ketones is 1. The van der Waals surface area contributed by atoms with Crippen molar-refractivity contribution in [3.63, 3.8) is 0 Å². The van der Waals surface area contributed by atoms with Gasteiger partial charge in [0.1, 0.15) is 5.82 Å². The van der Waals surface area contributed by atoms with Crippen LogP contribution >= 0.6 is 0 Å². The summed E-state index contributed by atoms with van der Waals surface area (Å²) in [5.41, 5.74) is 8.06. The maximum atomic E-state index is 14.0. The smallest absolute Gasteiger partial charge is 0.210 e. The Morgan fingerprint density at radius 1 is 1.29 bits per heavy atom. The van der Waals surface area contributed by atoms with Crippen molar-refractivity contribution in [2.75, 3.05) is 13.2 Å². The van der Waals surface area contributed by atoms with E-state index in [1.165, 1.54) is 11.0 Å². The highest BCUT2D eigenvalue weighted by Crippen LogP contribution is 2.31. The van der Waals surface area contributed by atoms with E-state index < -0.39 is 0 Å². The first-order chi connectivity index (χ1) is 16.5. The summed E-state index contributed by atoms with van der Waals surface area (Å²) in [7, 11) is 0. The van der Waals surface area contributed by atoms with E-state index in [1.807, 2.05) is 20.8 Å². The first kappa shape index (κ1) is 27.3. The largest absolute Gasteiger partial charge is 0.490 e. The fourth-order valence-corrected chi connectivity index (χ4v) is 2.99. The summed E-state index contributed by atoms with van der Waals surface area (Å²) >= 11 is 0. The second-order valence-corrected chi connectivity index (χ2v) is 8.07. The van der Waals surface area contributed by atoms with E-state index in [1.54, 1.807) is 31.5 Å². The molecule has 1 aliphatic carbocycles. The van der Waals surface area contributed by atoms with Gasteiger partial charge in [-0.2, -0.15) is 0 Å². The molecule has 1 aromatic carbocycles. The number of hydrogen-bond acceptors (Lipinski definition) is 7. The number of nitrogens with one attached hydrogen (secondary N) is 2. The summed E-state index contributed by atoms with van der Waals surface area (Å²) in [6, 6.07) is 4.82. The highest BCUT2D eigenvalue weighted by atomic mass is 19.1. The van der Waals surface area contributed by atoms with Gasteiger partial charge in [0.15, 0.2) is 17.3 Å². The minimum Gasteiger partial charge on any atom is -0.490 e. The lowest BCUT2D eigenvalue weighted by Crippen LogP contribution is -2.33. The summed E-state index contributed by atoms with van der Waals surface area (Å²) in [5.74, 6) is 0.956. The van der Waals surface area contributed by atoms with Gasteiger partial charge < -0.3 is 9.64 Å². The van der Waals surface area contributed by atoms with Gasteiger partial charge in [0.2, 0.25) is 6.41 Å². The summed E-state index contributed by atoms with van der Waals surface area (Å²) < 4.78 is 19.6. The molecule has 9 heteroatoms. The Hall–Kier alpha value is -2.91. The van der Waals surface area contributed by atoms with Crippen LogP contribution in [-0.4, -0.2) is 40.2 Å². The monoisotopic (exact) mass is 473 g/mol. The maximum absolute atomic E-state index is 14.0. The van der Waals surface area contributed by atoms with Crippen molar-refractivity contribution in [3.05, 3.63) is 53.4 Å². The van der Waals surface area contributed by atoms with E-state index in [4.69, 9.17) is 4.74 Å². The zero-order valence-corrected chi connectivity index (χ0v) is 20.5. The van der Waals surface area contributed by atoms with Crippen molar-refractivity contribution in [3.8, 4) is 5.75 Å². The molecule has 2 aromatic rings. The third kappa shape index (κ3) is 9.15. The molecule has 1 atom stereocenters. The zero-order chi connectivity index (χ0) is 24.9. The molecule has 8 nitrogen and oxygen atoms in total. The van der Waals surface area contributed by atoms with Gasteiger partial charge in [0.25, 0.3) is 0 Å². The molecule has 1 aromatic heterocycles. The third-order valence-corrected chi connectivity index (χ3v) is 5.26. The number of carbonyl (C=O) groups excluding carboxylic acids is 2. The molecule has 0 spiro atoms. The van der Waals surface area contributed by atoms with Crippen molar-refractivity contribution in [2.24, 2.45) is 5.92 Å². The topological polar surface area (TPSA) is 96.5 Å². The van der Waals surface area contributed by atoms with Crippen LogP contribution in [0.25, 0.3) is 0 Å². The number of hydrogen-bond donors (Lipinski definition) is 2. The predicted octanol–water partition coefficient (Wildman–Crippen LogP) is 3.72. The number of hydrazine groups is 1. The van der Waals surface area contributed by atoms with Crippen molar-refractivity contribution in [1.29, 1.82) is 0 Å². The zero-order valence-electron chi connectivity index (χ0n) is 20.5. The molecule has 1 heterocycles. The maximum Gasteiger partial charge on any atom is 0.210 e. The van der Waals surface area contributed by atoms with Crippen LogP contribution in [0.3, 0.4) is 0 Å². The van der Waals surface area contributed by atoms with E-state index in [0.29, 0.717) is 37.7 Å². The number of rotatable bonds is 14. The minimum absolute atomic E-state index is 0.0131. The van der Waals surface area contributed by atoms with Gasteiger partial charge in [-0.05, 0) is 43.4 Å². The van der Waals surface area contributed by atoms with Crippen molar-refractivity contribution in [1.82, 2.24) is 25.7 Å². The molecule has 34 heavy (non-hydrogen) atoms. The normalized spacial score (nSPS) is 13.4. The lowest BCUT2D eigenvalue weighted by atomic mass is 10.1. The fraction of sp³-hybridized carbons (Fsp3) is 0.520. The molecule has 1 aliphatic rings. The number of benzene rings is 1. The number of ether oxygens (including phenoxy) is 1. The van der Waals surface area contributed by atoms with Crippen LogP contribution in [-0.2, 0) is 22.7 Å². The Labute approximate surface area is 201 Å². The number of carbonyl (C=O) groups is 2. The second kappa shape index (κ2) is 14.4. The molecule has 1 saturated carbocycles. The Morgan fingerprint density at radius 3 is 2.62 bits per heavy atom. The summed E-state index contributed by atoms with van der Waals surface area (Å²) in [5, 5.41) is 0. The van der Waals surface area contributed by atoms with Crippen molar-refractivity contribution < 1.29 is 18.7 Å². The van der Waals surface area contributed by atoms with Gasteiger partial charge in [0, 0.05) is 37.0 Å². The van der Waals surface area contributed by atoms with Gasteiger partial charge in [-0.15, -0.1) is 0 Å². The number of aromatic nitrogens is 2. The van der Waals surface area contributed by atoms with Crippen LogP contribution in [0.4, 0.5) is 4.39 Å². The van der Waals surface area contributed by atoms with E-state index in [2.05, 4.69) is 20.8 Å². The lowest BCUT2D eigenvalue weighted by Gasteiger charge is -2.17.